The van der Waals surface area contributed by atoms with Crippen LogP contribution < -0.4 is 10.1 Å². The lowest BCUT2D eigenvalue weighted by Gasteiger charge is -2.18. The van der Waals surface area contributed by atoms with Crippen molar-refractivity contribution in [1.29, 1.82) is 0 Å². The van der Waals surface area contributed by atoms with Crippen LogP contribution in [0.4, 0.5) is 0 Å². The van der Waals surface area contributed by atoms with Crippen molar-refractivity contribution in [3.63, 3.8) is 0 Å². The Balaban J connectivity index is 2.37. The van der Waals surface area contributed by atoms with Crippen LogP contribution in [-0.2, 0) is 6.42 Å². The number of benzene rings is 1. The second kappa shape index (κ2) is 7.79. The first-order valence-electron chi connectivity index (χ1n) is 6.54. The minimum Gasteiger partial charge on any atom is -0.497 e. The van der Waals surface area contributed by atoms with Gasteiger partial charge in [-0.1, -0.05) is 25.0 Å². The zero-order valence-corrected chi connectivity index (χ0v) is 11.6. The van der Waals surface area contributed by atoms with E-state index in [4.69, 9.17) is 11.2 Å². The van der Waals surface area contributed by atoms with Crippen LogP contribution in [-0.4, -0.2) is 19.2 Å². The van der Waals surface area contributed by atoms with Gasteiger partial charge < -0.3 is 10.1 Å². The molecule has 0 spiro atoms. The van der Waals surface area contributed by atoms with Gasteiger partial charge >= 0.3 is 0 Å². The quantitative estimate of drug-likeness (QED) is 0.746. The van der Waals surface area contributed by atoms with E-state index < -0.39 is 0 Å². The molecule has 0 aliphatic rings. The largest absolute Gasteiger partial charge is 0.497 e. The van der Waals surface area contributed by atoms with Gasteiger partial charge in [-0.2, -0.15) is 0 Å². The average Bonchev–Trinajstić information content (AvgIpc) is 2.43. The van der Waals surface area contributed by atoms with Gasteiger partial charge in [-0.3, -0.25) is 0 Å². The zero-order valence-electron chi connectivity index (χ0n) is 11.6. The average molecular weight is 245 g/mol. The number of terminal acetylenes is 1. The first kappa shape index (κ1) is 14.6. The van der Waals surface area contributed by atoms with Crippen LogP contribution in [0.5, 0.6) is 5.75 Å². The summed E-state index contributed by atoms with van der Waals surface area (Å²) >= 11 is 0. The minimum atomic E-state index is 0.191. The molecule has 1 aromatic carbocycles. The summed E-state index contributed by atoms with van der Waals surface area (Å²) in [5.41, 5.74) is 1.33. The Morgan fingerprint density at radius 1 is 1.33 bits per heavy atom. The second-order valence-corrected chi connectivity index (χ2v) is 4.58. The molecule has 0 bridgehead atoms. The van der Waals surface area contributed by atoms with Crippen LogP contribution in [0.3, 0.4) is 0 Å². The molecule has 2 nitrogen and oxygen atoms in total. The molecule has 98 valence electrons. The maximum Gasteiger partial charge on any atom is 0.118 e. The number of ether oxygens (including phenoxy) is 1. The molecule has 0 radical (unpaired) electrons. The maximum absolute atomic E-state index is 5.44. The number of hydrogen-bond acceptors (Lipinski definition) is 2. The van der Waals surface area contributed by atoms with E-state index in [1.165, 1.54) is 5.56 Å². The third-order valence-corrected chi connectivity index (χ3v) is 3.12. The molecule has 2 heteroatoms. The van der Waals surface area contributed by atoms with Crippen LogP contribution in [0, 0.1) is 12.3 Å². The van der Waals surface area contributed by atoms with Crippen molar-refractivity contribution in [1.82, 2.24) is 5.32 Å². The molecular formula is C16H23NO. The molecule has 0 fully saturated rings. The lowest BCUT2D eigenvalue weighted by molar-refractivity contribution is 0.414. The Morgan fingerprint density at radius 3 is 2.50 bits per heavy atom. The molecule has 0 saturated heterocycles. The highest BCUT2D eigenvalue weighted by atomic mass is 16.5. The van der Waals surface area contributed by atoms with Gasteiger partial charge in [0.25, 0.3) is 0 Å². The van der Waals surface area contributed by atoms with Crippen LogP contribution in [0.2, 0.25) is 0 Å². The van der Waals surface area contributed by atoms with Crippen molar-refractivity contribution >= 4 is 0 Å². The molecule has 0 aromatic heterocycles. The Kier molecular flexibility index (Phi) is 6.32. The fourth-order valence-corrected chi connectivity index (χ4v) is 1.89. The summed E-state index contributed by atoms with van der Waals surface area (Å²) < 4.78 is 5.14. The van der Waals surface area contributed by atoms with Crippen LogP contribution in [0.1, 0.15) is 32.3 Å². The molecule has 1 N–H and O–H groups in total. The van der Waals surface area contributed by atoms with Crippen molar-refractivity contribution in [3.8, 4) is 18.1 Å². The predicted molar refractivity (Wildman–Crippen MR) is 76.8 cm³/mol. The van der Waals surface area contributed by atoms with E-state index in [2.05, 4.69) is 37.2 Å². The van der Waals surface area contributed by atoms with Crippen LogP contribution in [0.25, 0.3) is 0 Å². The summed E-state index contributed by atoms with van der Waals surface area (Å²) in [6.07, 6.45) is 8.56. The van der Waals surface area contributed by atoms with Gasteiger partial charge in [-0.15, -0.1) is 6.42 Å². The van der Waals surface area contributed by atoms with Crippen LogP contribution >= 0.6 is 0 Å². The number of rotatable bonds is 7. The molecule has 18 heavy (non-hydrogen) atoms. The fraction of sp³-hybridized carbons (Fsp3) is 0.500. The molecular weight excluding hydrogens is 222 g/mol. The lowest BCUT2D eigenvalue weighted by Crippen LogP contribution is -2.35. The van der Waals surface area contributed by atoms with Gasteiger partial charge in [0.2, 0.25) is 0 Å². The highest BCUT2D eigenvalue weighted by Gasteiger charge is 2.07. The first-order valence-corrected chi connectivity index (χ1v) is 6.54. The molecule has 0 aliphatic heterocycles. The molecule has 0 aliphatic carbocycles. The van der Waals surface area contributed by atoms with Gasteiger partial charge in [0.15, 0.2) is 0 Å². The number of aryl methyl sites for hydroxylation is 1. The zero-order chi connectivity index (χ0) is 13.4. The van der Waals surface area contributed by atoms with E-state index in [1.807, 2.05) is 12.1 Å². The Bertz CT molecular complexity index is 377. The Labute approximate surface area is 111 Å². The van der Waals surface area contributed by atoms with E-state index in [0.29, 0.717) is 6.04 Å². The molecule has 0 saturated carbocycles. The summed E-state index contributed by atoms with van der Waals surface area (Å²) in [4.78, 5) is 0. The monoisotopic (exact) mass is 245 g/mol. The standard InChI is InChI=1S/C16H23NO/c1-5-15(6-2)17-13(3)7-8-14-9-11-16(18-4)12-10-14/h1,9-13,15,17H,6-8H2,2-4H3. The van der Waals surface area contributed by atoms with Gasteiger partial charge in [0, 0.05) is 6.04 Å². The number of hydrogen-bond donors (Lipinski definition) is 1. The molecule has 1 aromatic rings. The normalized spacial score (nSPS) is 13.7. The third-order valence-electron chi connectivity index (χ3n) is 3.12. The van der Waals surface area contributed by atoms with Crippen molar-refractivity contribution in [2.45, 2.75) is 45.2 Å². The molecule has 0 heterocycles. The summed E-state index contributed by atoms with van der Waals surface area (Å²) in [5.74, 6) is 3.67. The summed E-state index contributed by atoms with van der Waals surface area (Å²) in [5, 5.41) is 3.45. The smallest absolute Gasteiger partial charge is 0.118 e. The summed E-state index contributed by atoms with van der Waals surface area (Å²) in [7, 11) is 1.69. The fourth-order valence-electron chi connectivity index (χ4n) is 1.89. The first-order chi connectivity index (χ1) is 8.69. The molecule has 0 amide bonds. The van der Waals surface area contributed by atoms with Gasteiger partial charge in [-0.05, 0) is 43.9 Å². The topological polar surface area (TPSA) is 21.3 Å². The van der Waals surface area contributed by atoms with Gasteiger partial charge in [0.1, 0.15) is 5.75 Å². The van der Waals surface area contributed by atoms with Crippen molar-refractivity contribution in [2.75, 3.05) is 7.11 Å². The van der Waals surface area contributed by atoms with E-state index in [9.17, 15) is 0 Å². The third kappa shape index (κ3) is 4.81. The predicted octanol–water partition coefficient (Wildman–Crippen LogP) is 3.02. The molecule has 2 atom stereocenters. The highest BCUT2D eigenvalue weighted by molar-refractivity contribution is 5.27. The lowest BCUT2D eigenvalue weighted by atomic mass is 10.0. The SMILES string of the molecule is C#CC(CC)NC(C)CCc1ccc(OC)cc1. The Hall–Kier alpha value is -1.46. The van der Waals surface area contributed by atoms with Crippen molar-refractivity contribution in [3.05, 3.63) is 29.8 Å². The van der Waals surface area contributed by atoms with E-state index in [1.54, 1.807) is 7.11 Å². The summed E-state index contributed by atoms with van der Waals surface area (Å²) in [6, 6.07) is 8.87. The summed E-state index contributed by atoms with van der Waals surface area (Å²) in [6.45, 7) is 4.29. The van der Waals surface area contributed by atoms with E-state index in [0.717, 1.165) is 25.0 Å². The van der Waals surface area contributed by atoms with Gasteiger partial charge in [-0.25, -0.2) is 0 Å². The number of nitrogens with one attached hydrogen (secondary N) is 1. The minimum absolute atomic E-state index is 0.191. The maximum atomic E-state index is 5.44. The van der Waals surface area contributed by atoms with Crippen LogP contribution in [0.15, 0.2) is 24.3 Å². The van der Waals surface area contributed by atoms with Crippen molar-refractivity contribution in [2.24, 2.45) is 0 Å². The van der Waals surface area contributed by atoms with E-state index >= 15 is 0 Å². The van der Waals surface area contributed by atoms with Gasteiger partial charge in [0.05, 0.1) is 13.2 Å². The Morgan fingerprint density at radius 2 is 2.00 bits per heavy atom. The molecule has 2 unspecified atom stereocenters. The molecule has 1 rings (SSSR count). The van der Waals surface area contributed by atoms with Crippen molar-refractivity contribution < 1.29 is 4.74 Å². The van der Waals surface area contributed by atoms with E-state index in [-0.39, 0.29) is 6.04 Å². The second-order valence-electron chi connectivity index (χ2n) is 4.58. The number of methoxy groups -OCH3 is 1. The highest BCUT2D eigenvalue weighted by Crippen LogP contribution is 2.13.